The van der Waals surface area contributed by atoms with Gasteiger partial charge in [0.15, 0.2) is 0 Å². The molecule has 0 atom stereocenters. The number of esters is 1. The molecule has 0 aliphatic heterocycles. The molecule has 40 heavy (non-hydrogen) atoms. The molecule has 0 aromatic heterocycles. The SMILES string of the molecule is CC(C)CC(CC(C)C)(CC(C)C)CC(C)C.CC(C)CCN(CCC(C)C)CC(=O)SCCC(=O)OC(C)C. The molecule has 5 heteroatoms. The first-order valence-electron chi connectivity index (χ1n) is 16.4. The van der Waals surface area contributed by atoms with Crippen molar-refractivity contribution < 1.29 is 14.3 Å². The lowest BCUT2D eigenvalue weighted by atomic mass is 9.65. The first kappa shape index (κ1) is 41.6. The summed E-state index contributed by atoms with van der Waals surface area (Å²) in [6.45, 7) is 34.0. The van der Waals surface area contributed by atoms with E-state index in [-0.39, 0.29) is 17.2 Å². The van der Waals surface area contributed by atoms with Crippen LogP contribution in [0.3, 0.4) is 0 Å². The predicted molar refractivity (Wildman–Crippen MR) is 179 cm³/mol. The molecular weight excluding hydrogens is 514 g/mol. The van der Waals surface area contributed by atoms with E-state index in [1.807, 2.05) is 13.8 Å². The molecule has 0 unspecified atom stereocenters. The minimum Gasteiger partial charge on any atom is -0.463 e. The molecular formula is C35H71NO3S. The third kappa shape index (κ3) is 26.4. The summed E-state index contributed by atoms with van der Waals surface area (Å²) in [6, 6.07) is 0. The summed E-state index contributed by atoms with van der Waals surface area (Å²) in [4.78, 5) is 25.8. The van der Waals surface area contributed by atoms with Crippen LogP contribution in [0, 0.1) is 40.9 Å². The second-order valence-corrected chi connectivity index (χ2v) is 16.2. The molecule has 0 fully saturated rings. The van der Waals surface area contributed by atoms with Gasteiger partial charge in [-0.3, -0.25) is 14.5 Å². The Kier molecular flexibility index (Phi) is 23.9. The highest BCUT2D eigenvalue weighted by atomic mass is 32.2. The summed E-state index contributed by atoms with van der Waals surface area (Å²) >= 11 is 1.25. The van der Waals surface area contributed by atoms with E-state index in [0.717, 1.165) is 49.6 Å². The van der Waals surface area contributed by atoms with Crippen LogP contribution >= 0.6 is 11.8 Å². The third-order valence-corrected chi connectivity index (χ3v) is 7.56. The van der Waals surface area contributed by atoms with Gasteiger partial charge in [0.25, 0.3) is 0 Å². The van der Waals surface area contributed by atoms with Crippen LogP contribution in [-0.4, -0.2) is 47.5 Å². The summed E-state index contributed by atoms with van der Waals surface area (Å²) in [5, 5.41) is 0.148. The molecule has 0 amide bonds. The molecule has 240 valence electrons. The molecule has 0 heterocycles. The van der Waals surface area contributed by atoms with E-state index >= 15 is 0 Å². The van der Waals surface area contributed by atoms with Crippen LogP contribution in [0.4, 0.5) is 0 Å². The second kappa shape index (κ2) is 23.0. The lowest BCUT2D eigenvalue weighted by Crippen LogP contribution is -2.32. The maximum Gasteiger partial charge on any atom is 0.306 e. The van der Waals surface area contributed by atoms with Crippen molar-refractivity contribution in [2.75, 3.05) is 25.4 Å². The zero-order valence-corrected chi connectivity index (χ0v) is 30.2. The average Bonchev–Trinajstić information content (AvgIpc) is 2.73. The van der Waals surface area contributed by atoms with Crippen LogP contribution in [-0.2, 0) is 14.3 Å². The molecule has 0 aromatic rings. The van der Waals surface area contributed by atoms with Crippen molar-refractivity contribution in [2.45, 2.75) is 148 Å². The minimum absolute atomic E-state index is 0.0919. The highest BCUT2D eigenvalue weighted by Gasteiger charge is 2.33. The number of carbonyl (C=O) groups excluding carboxylic acids is 2. The van der Waals surface area contributed by atoms with E-state index in [1.165, 1.54) is 37.4 Å². The maximum absolute atomic E-state index is 12.1. The fourth-order valence-electron chi connectivity index (χ4n) is 5.91. The summed E-state index contributed by atoms with van der Waals surface area (Å²) in [7, 11) is 0. The third-order valence-electron chi connectivity index (χ3n) is 6.70. The lowest BCUT2D eigenvalue weighted by Gasteiger charge is -2.40. The molecule has 0 rings (SSSR count). The Bertz CT molecular complexity index is 583. The normalized spacial score (nSPS) is 12.4. The van der Waals surface area contributed by atoms with Gasteiger partial charge in [-0.1, -0.05) is 94.8 Å². The lowest BCUT2D eigenvalue weighted by molar-refractivity contribution is -0.146. The number of hydrogen-bond donors (Lipinski definition) is 0. The van der Waals surface area contributed by atoms with Gasteiger partial charge in [-0.2, -0.15) is 0 Å². The molecule has 0 aromatic carbocycles. The molecule has 0 saturated heterocycles. The molecule has 0 aliphatic rings. The highest BCUT2D eigenvalue weighted by Crippen LogP contribution is 2.44. The molecule has 0 N–H and O–H groups in total. The molecule has 0 spiro atoms. The highest BCUT2D eigenvalue weighted by molar-refractivity contribution is 8.13. The van der Waals surface area contributed by atoms with Crippen molar-refractivity contribution in [3.63, 3.8) is 0 Å². The van der Waals surface area contributed by atoms with Gasteiger partial charge in [-0.15, -0.1) is 0 Å². The summed E-state index contributed by atoms with van der Waals surface area (Å²) in [6.07, 6.45) is 8.04. The van der Waals surface area contributed by atoms with E-state index in [2.05, 4.69) is 88.0 Å². The van der Waals surface area contributed by atoms with E-state index in [4.69, 9.17) is 4.74 Å². The van der Waals surface area contributed by atoms with Crippen LogP contribution in [0.15, 0.2) is 0 Å². The van der Waals surface area contributed by atoms with Crippen LogP contribution in [0.2, 0.25) is 0 Å². The number of carbonyl (C=O) groups is 2. The summed E-state index contributed by atoms with van der Waals surface area (Å²) < 4.78 is 5.07. The maximum atomic E-state index is 12.1. The van der Waals surface area contributed by atoms with Gasteiger partial charge in [0.05, 0.1) is 19.1 Å². The van der Waals surface area contributed by atoms with Gasteiger partial charge >= 0.3 is 5.97 Å². The van der Waals surface area contributed by atoms with Crippen molar-refractivity contribution >= 4 is 22.8 Å². The quantitative estimate of drug-likeness (QED) is 0.133. The Morgan fingerprint density at radius 1 is 0.625 bits per heavy atom. The van der Waals surface area contributed by atoms with Crippen LogP contribution < -0.4 is 0 Å². The molecule has 0 aliphatic carbocycles. The van der Waals surface area contributed by atoms with E-state index in [0.29, 0.717) is 36.0 Å². The van der Waals surface area contributed by atoms with Crippen LogP contribution in [0.5, 0.6) is 0 Å². The van der Waals surface area contributed by atoms with Crippen molar-refractivity contribution in [3.05, 3.63) is 0 Å². The number of thioether (sulfide) groups is 1. The van der Waals surface area contributed by atoms with Crippen LogP contribution in [0.1, 0.15) is 142 Å². The fraction of sp³-hybridized carbons (Fsp3) is 0.943. The zero-order valence-electron chi connectivity index (χ0n) is 29.4. The summed E-state index contributed by atoms with van der Waals surface area (Å²) in [5.74, 6) is 4.87. The number of rotatable bonds is 20. The average molecular weight is 586 g/mol. The van der Waals surface area contributed by atoms with Gasteiger partial charge < -0.3 is 4.74 Å². The van der Waals surface area contributed by atoms with Crippen molar-refractivity contribution in [2.24, 2.45) is 40.9 Å². The molecule has 0 bridgehead atoms. The van der Waals surface area contributed by atoms with Gasteiger partial charge in [0.2, 0.25) is 5.12 Å². The molecule has 4 nitrogen and oxygen atoms in total. The van der Waals surface area contributed by atoms with Gasteiger partial charge in [0, 0.05) is 5.75 Å². The Labute approximate surface area is 255 Å². The Balaban J connectivity index is 0. The largest absolute Gasteiger partial charge is 0.463 e. The first-order valence-corrected chi connectivity index (χ1v) is 17.4. The standard InChI is InChI=1S/C18H35NO3S.C17H36/c1-14(2)7-10-19(11-8-15(3)4)13-18(21)23-12-9-17(20)22-16(5)6;1-13(2)9-17(10-14(3)4,11-15(5)6)12-16(7)8/h14-16H,7-13H2,1-6H3;13-16H,9-12H2,1-8H3. The summed E-state index contributed by atoms with van der Waals surface area (Å²) in [5.41, 5.74) is 0.588. The van der Waals surface area contributed by atoms with Crippen molar-refractivity contribution in [1.29, 1.82) is 0 Å². The van der Waals surface area contributed by atoms with E-state index < -0.39 is 0 Å². The second-order valence-electron chi connectivity index (χ2n) is 15.0. The Morgan fingerprint density at radius 3 is 1.30 bits per heavy atom. The van der Waals surface area contributed by atoms with Gasteiger partial charge in [-0.25, -0.2) is 0 Å². The number of hydrogen-bond acceptors (Lipinski definition) is 5. The zero-order chi connectivity index (χ0) is 31.5. The number of nitrogens with zero attached hydrogens (tertiary/aromatic N) is 1. The van der Waals surface area contributed by atoms with E-state index in [1.54, 1.807) is 0 Å². The molecule has 0 saturated carbocycles. The molecule has 0 radical (unpaired) electrons. The van der Waals surface area contributed by atoms with E-state index in [9.17, 15) is 9.59 Å². The smallest absolute Gasteiger partial charge is 0.306 e. The van der Waals surface area contributed by atoms with Gasteiger partial charge in [-0.05, 0) is 106 Å². The Hall–Kier alpha value is -0.550. The predicted octanol–water partition coefficient (Wildman–Crippen LogP) is 10.1. The Morgan fingerprint density at radius 2 is 1.00 bits per heavy atom. The monoisotopic (exact) mass is 586 g/mol. The van der Waals surface area contributed by atoms with Crippen molar-refractivity contribution in [1.82, 2.24) is 4.90 Å². The van der Waals surface area contributed by atoms with Crippen LogP contribution in [0.25, 0.3) is 0 Å². The van der Waals surface area contributed by atoms with Gasteiger partial charge in [0.1, 0.15) is 0 Å². The fourth-order valence-corrected chi connectivity index (χ4v) is 6.68. The topological polar surface area (TPSA) is 46.6 Å². The first-order chi connectivity index (χ1) is 18.4. The van der Waals surface area contributed by atoms with Crippen molar-refractivity contribution in [3.8, 4) is 0 Å². The minimum atomic E-state index is -0.225. The number of ether oxygens (including phenoxy) is 1.